The van der Waals surface area contributed by atoms with E-state index in [4.69, 9.17) is 4.52 Å². The number of piperidine rings is 1. The van der Waals surface area contributed by atoms with Crippen LogP contribution in [-0.4, -0.2) is 35.7 Å². The molecule has 0 radical (unpaired) electrons. The topological polar surface area (TPSA) is 65.7 Å². The Morgan fingerprint density at radius 3 is 2.45 bits per heavy atom. The molecule has 1 fully saturated rings. The highest BCUT2D eigenvalue weighted by molar-refractivity contribution is 14.0. The van der Waals surface area contributed by atoms with E-state index in [1.807, 2.05) is 0 Å². The highest BCUT2D eigenvalue weighted by Gasteiger charge is 2.18. The summed E-state index contributed by atoms with van der Waals surface area (Å²) in [5, 5.41) is 11.0. The van der Waals surface area contributed by atoms with Crippen LogP contribution in [0.15, 0.2) is 33.8 Å². The summed E-state index contributed by atoms with van der Waals surface area (Å²) >= 11 is 0. The molecular formula is C24H38IN5O. The van der Waals surface area contributed by atoms with Gasteiger partial charge in [-0.3, -0.25) is 9.89 Å². The van der Waals surface area contributed by atoms with E-state index in [9.17, 15) is 0 Å². The zero-order valence-corrected chi connectivity index (χ0v) is 21.7. The molecule has 1 saturated heterocycles. The maximum atomic E-state index is 5.45. The molecular weight excluding hydrogens is 501 g/mol. The summed E-state index contributed by atoms with van der Waals surface area (Å²) < 4.78 is 5.45. The lowest BCUT2D eigenvalue weighted by Crippen LogP contribution is -2.37. The van der Waals surface area contributed by atoms with E-state index in [0.29, 0.717) is 12.6 Å². The smallest absolute Gasteiger partial charge is 0.191 e. The molecule has 2 aromatic rings. The van der Waals surface area contributed by atoms with Gasteiger partial charge in [0.15, 0.2) is 5.96 Å². The minimum absolute atomic E-state index is 0. The molecule has 1 aromatic heterocycles. The third-order valence-electron chi connectivity index (χ3n) is 6.07. The second-order valence-electron chi connectivity index (χ2n) is 8.15. The molecule has 3 rings (SSSR count). The number of aliphatic imine (C=N–C) groups is 1. The first-order chi connectivity index (χ1) is 14.6. The number of nitrogens with one attached hydrogen (secondary N) is 2. The minimum atomic E-state index is 0. The predicted molar refractivity (Wildman–Crippen MR) is 138 cm³/mol. The minimum Gasteiger partial charge on any atom is -0.361 e. The normalized spacial score (nSPS) is 17.3. The van der Waals surface area contributed by atoms with Gasteiger partial charge in [-0.25, -0.2) is 0 Å². The van der Waals surface area contributed by atoms with Gasteiger partial charge < -0.3 is 15.2 Å². The highest BCUT2D eigenvalue weighted by atomic mass is 127. The number of hydrogen-bond donors (Lipinski definition) is 2. The summed E-state index contributed by atoms with van der Waals surface area (Å²) in [5.41, 5.74) is 4.82. The highest BCUT2D eigenvalue weighted by Crippen LogP contribution is 2.19. The molecule has 31 heavy (non-hydrogen) atoms. The van der Waals surface area contributed by atoms with Crippen LogP contribution in [0.4, 0.5) is 0 Å². The van der Waals surface area contributed by atoms with Crippen molar-refractivity contribution in [1.82, 2.24) is 20.7 Å². The van der Waals surface area contributed by atoms with Crippen molar-refractivity contribution in [1.29, 1.82) is 0 Å². The first kappa shape index (κ1) is 25.6. The summed E-state index contributed by atoms with van der Waals surface area (Å²) in [6.45, 7) is 10.2. The Morgan fingerprint density at radius 2 is 1.81 bits per heavy atom. The lowest BCUT2D eigenvalue weighted by atomic mass is 10.0. The van der Waals surface area contributed by atoms with Crippen LogP contribution in [0, 0.1) is 0 Å². The van der Waals surface area contributed by atoms with Gasteiger partial charge in [-0.1, -0.05) is 49.7 Å². The SMILES string of the molecule is CCc1noc(CC)c1CNC(=NC)NCc1ccc(CN2CCCCC2C)cc1.I. The van der Waals surface area contributed by atoms with Crippen LogP contribution in [0.5, 0.6) is 0 Å². The zero-order chi connectivity index (χ0) is 21.3. The molecule has 2 heterocycles. The van der Waals surface area contributed by atoms with E-state index in [-0.39, 0.29) is 24.0 Å². The summed E-state index contributed by atoms with van der Waals surface area (Å²) in [7, 11) is 1.80. The van der Waals surface area contributed by atoms with E-state index in [2.05, 4.69) is 70.7 Å². The first-order valence-electron chi connectivity index (χ1n) is 11.4. The molecule has 6 nitrogen and oxygen atoms in total. The third-order valence-corrected chi connectivity index (χ3v) is 6.07. The van der Waals surface area contributed by atoms with Crippen LogP contribution in [0.25, 0.3) is 0 Å². The van der Waals surface area contributed by atoms with E-state index in [0.717, 1.165) is 48.9 Å². The number of likely N-dealkylation sites (tertiary alicyclic amines) is 1. The molecule has 1 unspecified atom stereocenters. The van der Waals surface area contributed by atoms with Crippen molar-refractivity contribution in [2.75, 3.05) is 13.6 Å². The van der Waals surface area contributed by atoms with Gasteiger partial charge >= 0.3 is 0 Å². The van der Waals surface area contributed by atoms with E-state index < -0.39 is 0 Å². The van der Waals surface area contributed by atoms with Crippen molar-refractivity contribution in [3.8, 4) is 0 Å². The molecule has 0 amide bonds. The van der Waals surface area contributed by atoms with Gasteiger partial charge in [0.05, 0.1) is 5.69 Å². The maximum Gasteiger partial charge on any atom is 0.191 e. The van der Waals surface area contributed by atoms with Crippen molar-refractivity contribution in [2.24, 2.45) is 4.99 Å². The fourth-order valence-electron chi connectivity index (χ4n) is 4.11. The lowest BCUT2D eigenvalue weighted by molar-refractivity contribution is 0.152. The van der Waals surface area contributed by atoms with Crippen LogP contribution in [0.2, 0.25) is 0 Å². The Labute approximate surface area is 204 Å². The lowest BCUT2D eigenvalue weighted by Gasteiger charge is -2.33. The zero-order valence-electron chi connectivity index (χ0n) is 19.4. The Bertz CT molecular complexity index is 796. The van der Waals surface area contributed by atoms with Crippen molar-refractivity contribution in [3.63, 3.8) is 0 Å². The molecule has 2 N–H and O–H groups in total. The number of guanidine groups is 1. The van der Waals surface area contributed by atoms with Crippen LogP contribution in [-0.2, 0) is 32.5 Å². The number of benzene rings is 1. The van der Waals surface area contributed by atoms with E-state index in [1.54, 1.807) is 7.05 Å². The molecule has 0 bridgehead atoms. The largest absolute Gasteiger partial charge is 0.361 e. The van der Waals surface area contributed by atoms with Crippen molar-refractivity contribution < 1.29 is 4.52 Å². The number of aromatic nitrogens is 1. The van der Waals surface area contributed by atoms with Gasteiger partial charge in [0.1, 0.15) is 5.76 Å². The average molecular weight is 540 g/mol. The Morgan fingerprint density at radius 1 is 1.10 bits per heavy atom. The summed E-state index contributed by atoms with van der Waals surface area (Å²) in [5.74, 6) is 1.74. The molecule has 1 aromatic carbocycles. The van der Waals surface area contributed by atoms with Crippen LogP contribution >= 0.6 is 24.0 Å². The molecule has 0 aliphatic carbocycles. The molecule has 7 heteroatoms. The van der Waals surface area contributed by atoms with Gasteiger partial charge in [0.25, 0.3) is 0 Å². The molecule has 0 spiro atoms. The fourth-order valence-corrected chi connectivity index (χ4v) is 4.11. The van der Waals surface area contributed by atoms with E-state index >= 15 is 0 Å². The Hall–Kier alpha value is -1.61. The monoisotopic (exact) mass is 539 g/mol. The van der Waals surface area contributed by atoms with Crippen molar-refractivity contribution in [2.45, 2.75) is 78.6 Å². The second kappa shape index (κ2) is 13.1. The Balaban J connectivity index is 0.00000341. The van der Waals surface area contributed by atoms with Gasteiger partial charge in [-0.2, -0.15) is 0 Å². The molecule has 172 valence electrons. The average Bonchev–Trinajstić information content (AvgIpc) is 3.18. The van der Waals surface area contributed by atoms with Crippen LogP contribution < -0.4 is 10.6 Å². The second-order valence-corrected chi connectivity index (χ2v) is 8.15. The van der Waals surface area contributed by atoms with E-state index in [1.165, 1.54) is 36.9 Å². The number of hydrogen-bond acceptors (Lipinski definition) is 4. The number of halogens is 1. The number of nitrogens with zero attached hydrogens (tertiary/aromatic N) is 3. The summed E-state index contributed by atoms with van der Waals surface area (Å²) in [4.78, 5) is 6.95. The predicted octanol–water partition coefficient (Wildman–Crippen LogP) is 4.66. The van der Waals surface area contributed by atoms with Crippen LogP contribution in [0.3, 0.4) is 0 Å². The van der Waals surface area contributed by atoms with Crippen molar-refractivity contribution >= 4 is 29.9 Å². The third kappa shape index (κ3) is 7.20. The first-order valence-corrected chi connectivity index (χ1v) is 11.4. The molecule has 0 saturated carbocycles. The fraction of sp³-hybridized carbons (Fsp3) is 0.583. The summed E-state index contributed by atoms with van der Waals surface area (Å²) in [6, 6.07) is 9.64. The van der Waals surface area contributed by atoms with Gasteiger partial charge in [0, 0.05) is 44.7 Å². The quantitative estimate of drug-likeness (QED) is 0.290. The van der Waals surface area contributed by atoms with Gasteiger partial charge in [-0.15, -0.1) is 24.0 Å². The van der Waals surface area contributed by atoms with Gasteiger partial charge in [-0.05, 0) is 43.9 Å². The molecule has 1 atom stereocenters. The summed E-state index contributed by atoms with van der Waals surface area (Å²) in [6.07, 6.45) is 5.73. The van der Waals surface area contributed by atoms with Gasteiger partial charge in [0.2, 0.25) is 0 Å². The standard InChI is InChI=1S/C24H37N5O.HI/c1-5-22-21(23(6-2)30-28-22)16-27-24(25-4)26-15-19-10-12-20(13-11-19)17-29-14-8-7-9-18(29)3;/h10-13,18H,5-9,14-17H2,1-4H3,(H2,25,26,27);1H. The molecule has 1 aliphatic rings. The maximum absolute atomic E-state index is 5.45. The number of rotatable bonds is 8. The Kier molecular flexibility index (Phi) is 10.8. The number of aryl methyl sites for hydroxylation is 2. The van der Waals surface area contributed by atoms with Crippen LogP contribution in [0.1, 0.15) is 68.2 Å². The van der Waals surface area contributed by atoms with Crippen molar-refractivity contribution in [3.05, 3.63) is 52.4 Å². The molecule has 1 aliphatic heterocycles.